The van der Waals surface area contributed by atoms with Crippen LogP contribution in [0.1, 0.15) is 18.6 Å². The SMILES string of the molecule is CCn1c(C)nnc1CNC. The first-order valence-corrected chi connectivity index (χ1v) is 3.82. The molecular formula is C7H14N4. The van der Waals surface area contributed by atoms with Gasteiger partial charge in [-0.25, -0.2) is 0 Å². The maximum absolute atomic E-state index is 4.03. The van der Waals surface area contributed by atoms with Crippen molar-refractivity contribution in [2.24, 2.45) is 0 Å². The first kappa shape index (κ1) is 8.20. The Balaban J connectivity index is 2.86. The number of hydrogen-bond donors (Lipinski definition) is 1. The molecule has 0 amide bonds. The van der Waals surface area contributed by atoms with Crippen molar-refractivity contribution in [1.82, 2.24) is 20.1 Å². The zero-order chi connectivity index (χ0) is 8.27. The zero-order valence-electron chi connectivity index (χ0n) is 7.26. The van der Waals surface area contributed by atoms with E-state index >= 15 is 0 Å². The summed E-state index contributed by atoms with van der Waals surface area (Å²) in [5.74, 6) is 1.99. The number of hydrogen-bond acceptors (Lipinski definition) is 3. The van der Waals surface area contributed by atoms with Crippen LogP contribution in [0.2, 0.25) is 0 Å². The Kier molecular flexibility index (Phi) is 2.59. The van der Waals surface area contributed by atoms with Crippen LogP contribution >= 0.6 is 0 Å². The molecule has 62 valence electrons. The Morgan fingerprint density at radius 3 is 2.73 bits per heavy atom. The molecular weight excluding hydrogens is 140 g/mol. The van der Waals surface area contributed by atoms with Gasteiger partial charge in [-0.2, -0.15) is 0 Å². The molecule has 0 saturated heterocycles. The van der Waals surface area contributed by atoms with Gasteiger partial charge in [-0.3, -0.25) is 0 Å². The van der Waals surface area contributed by atoms with Crippen LogP contribution in [0.5, 0.6) is 0 Å². The van der Waals surface area contributed by atoms with Crippen molar-refractivity contribution in [3.63, 3.8) is 0 Å². The molecule has 1 aromatic rings. The highest BCUT2D eigenvalue weighted by molar-refractivity contribution is 4.92. The Labute approximate surface area is 66.6 Å². The highest BCUT2D eigenvalue weighted by Gasteiger charge is 2.04. The molecule has 0 aliphatic heterocycles. The molecule has 0 fully saturated rings. The van der Waals surface area contributed by atoms with Crippen LogP contribution in [0.3, 0.4) is 0 Å². The van der Waals surface area contributed by atoms with E-state index in [4.69, 9.17) is 0 Å². The lowest BCUT2D eigenvalue weighted by Crippen LogP contribution is -2.12. The number of aryl methyl sites for hydroxylation is 1. The predicted octanol–water partition coefficient (Wildman–Crippen LogP) is 0.326. The van der Waals surface area contributed by atoms with Crippen molar-refractivity contribution >= 4 is 0 Å². The third-order valence-electron chi connectivity index (χ3n) is 1.66. The smallest absolute Gasteiger partial charge is 0.146 e. The lowest BCUT2D eigenvalue weighted by Gasteiger charge is -2.03. The van der Waals surface area contributed by atoms with Gasteiger partial charge in [0.15, 0.2) is 0 Å². The maximum Gasteiger partial charge on any atom is 0.146 e. The third kappa shape index (κ3) is 1.57. The second-order valence-electron chi connectivity index (χ2n) is 2.44. The Morgan fingerprint density at radius 1 is 1.45 bits per heavy atom. The molecule has 0 saturated carbocycles. The second-order valence-corrected chi connectivity index (χ2v) is 2.44. The third-order valence-corrected chi connectivity index (χ3v) is 1.66. The van der Waals surface area contributed by atoms with E-state index in [1.165, 1.54) is 0 Å². The van der Waals surface area contributed by atoms with E-state index in [2.05, 4.69) is 27.0 Å². The van der Waals surface area contributed by atoms with Crippen LogP contribution in [0, 0.1) is 6.92 Å². The van der Waals surface area contributed by atoms with E-state index in [9.17, 15) is 0 Å². The van der Waals surface area contributed by atoms with E-state index in [0.29, 0.717) is 0 Å². The number of rotatable bonds is 3. The van der Waals surface area contributed by atoms with Gasteiger partial charge in [0, 0.05) is 6.54 Å². The molecule has 1 N–H and O–H groups in total. The summed E-state index contributed by atoms with van der Waals surface area (Å²) in [7, 11) is 1.91. The van der Waals surface area contributed by atoms with Crippen LogP contribution in [0.15, 0.2) is 0 Å². The Hall–Kier alpha value is -0.900. The Morgan fingerprint density at radius 2 is 2.18 bits per heavy atom. The van der Waals surface area contributed by atoms with Gasteiger partial charge in [0.25, 0.3) is 0 Å². The van der Waals surface area contributed by atoms with E-state index < -0.39 is 0 Å². The summed E-state index contributed by atoms with van der Waals surface area (Å²) in [4.78, 5) is 0. The summed E-state index contributed by atoms with van der Waals surface area (Å²) in [5.41, 5.74) is 0. The summed E-state index contributed by atoms with van der Waals surface area (Å²) in [6, 6.07) is 0. The molecule has 1 rings (SSSR count). The van der Waals surface area contributed by atoms with Gasteiger partial charge in [0.1, 0.15) is 11.6 Å². The summed E-state index contributed by atoms with van der Waals surface area (Å²) >= 11 is 0. The fourth-order valence-electron chi connectivity index (χ4n) is 1.13. The van der Waals surface area contributed by atoms with Gasteiger partial charge in [0.05, 0.1) is 6.54 Å². The summed E-state index contributed by atoms with van der Waals surface area (Å²) in [6.07, 6.45) is 0. The normalized spacial score (nSPS) is 10.5. The summed E-state index contributed by atoms with van der Waals surface area (Å²) in [6.45, 7) is 5.79. The molecule has 0 radical (unpaired) electrons. The lowest BCUT2D eigenvalue weighted by molar-refractivity contribution is 0.645. The van der Waals surface area contributed by atoms with E-state index in [0.717, 1.165) is 24.7 Å². The largest absolute Gasteiger partial charge is 0.314 e. The molecule has 0 spiro atoms. The molecule has 1 aromatic heterocycles. The van der Waals surface area contributed by atoms with Crippen molar-refractivity contribution in [1.29, 1.82) is 0 Å². The van der Waals surface area contributed by atoms with Gasteiger partial charge in [-0.1, -0.05) is 0 Å². The fourth-order valence-corrected chi connectivity index (χ4v) is 1.13. The van der Waals surface area contributed by atoms with Crippen LogP contribution in [-0.4, -0.2) is 21.8 Å². The highest BCUT2D eigenvalue weighted by atomic mass is 15.3. The Bertz CT molecular complexity index is 228. The summed E-state index contributed by atoms with van der Waals surface area (Å²) < 4.78 is 2.09. The van der Waals surface area contributed by atoms with Crippen molar-refractivity contribution in [2.45, 2.75) is 26.9 Å². The predicted molar refractivity (Wildman–Crippen MR) is 43.2 cm³/mol. The zero-order valence-corrected chi connectivity index (χ0v) is 7.26. The molecule has 1 heterocycles. The van der Waals surface area contributed by atoms with Gasteiger partial charge in [0.2, 0.25) is 0 Å². The monoisotopic (exact) mass is 154 g/mol. The molecule has 11 heavy (non-hydrogen) atoms. The van der Waals surface area contributed by atoms with Crippen LogP contribution in [0.25, 0.3) is 0 Å². The average Bonchev–Trinajstić information content (AvgIpc) is 2.33. The second kappa shape index (κ2) is 3.48. The highest BCUT2D eigenvalue weighted by Crippen LogP contribution is 1.99. The van der Waals surface area contributed by atoms with Crippen LogP contribution < -0.4 is 5.32 Å². The minimum atomic E-state index is 0.786. The maximum atomic E-state index is 4.03. The minimum Gasteiger partial charge on any atom is -0.314 e. The molecule has 0 aliphatic rings. The number of nitrogens with one attached hydrogen (secondary N) is 1. The first-order chi connectivity index (χ1) is 5.29. The average molecular weight is 154 g/mol. The van der Waals surface area contributed by atoms with E-state index in [-0.39, 0.29) is 0 Å². The lowest BCUT2D eigenvalue weighted by atomic mass is 10.5. The van der Waals surface area contributed by atoms with Gasteiger partial charge in [-0.15, -0.1) is 10.2 Å². The van der Waals surface area contributed by atoms with Crippen molar-refractivity contribution in [2.75, 3.05) is 7.05 Å². The molecule has 0 atom stereocenters. The molecule has 0 bridgehead atoms. The van der Waals surface area contributed by atoms with Crippen molar-refractivity contribution < 1.29 is 0 Å². The minimum absolute atomic E-state index is 0.786. The fraction of sp³-hybridized carbons (Fsp3) is 0.714. The van der Waals surface area contributed by atoms with Crippen molar-refractivity contribution in [3.8, 4) is 0 Å². The topological polar surface area (TPSA) is 42.7 Å². The van der Waals surface area contributed by atoms with Gasteiger partial charge >= 0.3 is 0 Å². The number of nitrogens with zero attached hydrogens (tertiary/aromatic N) is 3. The summed E-state index contributed by atoms with van der Waals surface area (Å²) in [5, 5.41) is 11.1. The molecule has 0 unspecified atom stereocenters. The van der Waals surface area contributed by atoms with Gasteiger partial charge in [-0.05, 0) is 20.9 Å². The van der Waals surface area contributed by atoms with E-state index in [1.807, 2.05) is 14.0 Å². The van der Waals surface area contributed by atoms with Crippen LogP contribution in [0.4, 0.5) is 0 Å². The number of aromatic nitrogens is 3. The standard InChI is InChI=1S/C7H14N4/c1-4-11-6(2)9-10-7(11)5-8-3/h8H,4-5H2,1-3H3. The van der Waals surface area contributed by atoms with Gasteiger partial charge < -0.3 is 9.88 Å². The first-order valence-electron chi connectivity index (χ1n) is 3.82. The quantitative estimate of drug-likeness (QED) is 0.682. The van der Waals surface area contributed by atoms with E-state index in [1.54, 1.807) is 0 Å². The molecule has 4 nitrogen and oxygen atoms in total. The molecule has 0 aromatic carbocycles. The van der Waals surface area contributed by atoms with Crippen molar-refractivity contribution in [3.05, 3.63) is 11.6 Å². The molecule has 4 heteroatoms. The molecule has 0 aliphatic carbocycles. The van der Waals surface area contributed by atoms with Crippen LogP contribution in [-0.2, 0) is 13.1 Å².